The van der Waals surface area contributed by atoms with Crippen LogP contribution in [0.1, 0.15) is 25.8 Å². The van der Waals surface area contributed by atoms with Gasteiger partial charge in [-0.2, -0.15) is 0 Å². The molecule has 0 saturated heterocycles. The fourth-order valence-electron chi connectivity index (χ4n) is 1.30. The van der Waals surface area contributed by atoms with Crippen LogP contribution in [0.2, 0.25) is 0 Å². The van der Waals surface area contributed by atoms with Crippen molar-refractivity contribution in [1.82, 2.24) is 4.72 Å². The Morgan fingerprint density at radius 1 is 1.42 bits per heavy atom. The summed E-state index contributed by atoms with van der Waals surface area (Å²) in [6, 6.07) is 1.66. The van der Waals surface area contributed by atoms with Gasteiger partial charge in [-0.3, -0.25) is 0 Å². The monoisotopic (exact) mass is 369 g/mol. The molecule has 0 aliphatic carbocycles. The van der Waals surface area contributed by atoms with Crippen molar-refractivity contribution in [2.24, 2.45) is 5.92 Å². The standard InChI is InChI=1S/C12H20BrNO3S2/c1-9(2)4-6-17-7-5-14-19(15,16)11-8-10(3)12(13)18-11/h8-9,14H,4-7H2,1-3H3. The van der Waals surface area contributed by atoms with Crippen LogP contribution in [0.3, 0.4) is 0 Å². The number of hydrogen-bond acceptors (Lipinski definition) is 4. The summed E-state index contributed by atoms with van der Waals surface area (Å²) in [5.74, 6) is 0.600. The summed E-state index contributed by atoms with van der Waals surface area (Å²) >= 11 is 4.54. The van der Waals surface area contributed by atoms with Crippen LogP contribution in [-0.2, 0) is 14.8 Å². The van der Waals surface area contributed by atoms with Crippen LogP contribution >= 0.6 is 27.3 Å². The lowest BCUT2D eigenvalue weighted by molar-refractivity contribution is 0.128. The largest absolute Gasteiger partial charge is 0.380 e. The van der Waals surface area contributed by atoms with E-state index in [-0.39, 0.29) is 0 Å². The molecule has 0 radical (unpaired) electrons. The summed E-state index contributed by atoms with van der Waals surface area (Å²) in [6.45, 7) is 7.50. The number of thiophene rings is 1. The summed E-state index contributed by atoms with van der Waals surface area (Å²) in [4.78, 5) is 0. The minimum Gasteiger partial charge on any atom is -0.380 e. The number of aryl methyl sites for hydroxylation is 1. The molecular weight excluding hydrogens is 350 g/mol. The summed E-state index contributed by atoms with van der Waals surface area (Å²) in [5.41, 5.74) is 0.929. The minimum absolute atomic E-state index is 0.301. The molecule has 1 heterocycles. The zero-order valence-corrected chi connectivity index (χ0v) is 14.6. The highest BCUT2D eigenvalue weighted by Crippen LogP contribution is 2.30. The van der Waals surface area contributed by atoms with Gasteiger partial charge in [0.25, 0.3) is 0 Å². The number of halogens is 1. The third-order valence-corrected chi connectivity index (χ3v) is 6.55. The fourth-order valence-corrected chi connectivity index (χ4v) is 4.59. The molecule has 0 bridgehead atoms. The second-order valence-electron chi connectivity index (χ2n) is 4.71. The first-order valence-electron chi connectivity index (χ1n) is 6.16. The van der Waals surface area contributed by atoms with Crippen molar-refractivity contribution in [3.05, 3.63) is 15.4 Å². The van der Waals surface area contributed by atoms with Gasteiger partial charge in [-0.25, -0.2) is 13.1 Å². The lowest BCUT2D eigenvalue weighted by atomic mass is 10.1. The van der Waals surface area contributed by atoms with Crippen molar-refractivity contribution in [2.45, 2.75) is 31.4 Å². The molecule has 0 spiro atoms. The maximum atomic E-state index is 12.0. The molecule has 0 aromatic carbocycles. The van der Waals surface area contributed by atoms with E-state index in [2.05, 4.69) is 34.5 Å². The Kier molecular flexibility index (Phi) is 6.96. The van der Waals surface area contributed by atoms with Gasteiger partial charge < -0.3 is 4.74 Å². The maximum Gasteiger partial charge on any atom is 0.250 e. The van der Waals surface area contributed by atoms with Gasteiger partial charge in [0.05, 0.1) is 10.4 Å². The summed E-state index contributed by atoms with van der Waals surface area (Å²) in [6.07, 6.45) is 0.990. The molecule has 0 fully saturated rings. The molecule has 1 N–H and O–H groups in total. The average Bonchev–Trinajstić information content (AvgIpc) is 2.64. The van der Waals surface area contributed by atoms with Crippen LogP contribution in [0.25, 0.3) is 0 Å². The summed E-state index contributed by atoms with van der Waals surface area (Å²) in [5, 5.41) is 0. The van der Waals surface area contributed by atoms with E-state index in [1.54, 1.807) is 6.07 Å². The molecule has 1 aromatic rings. The SMILES string of the molecule is Cc1cc(S(=O)(=O)NCCOCCC(C)C)sc1Br. The number of nitrogens with one attached hydrogen (secondary N) is 1. The first-order valence-corrected chi connectivity index (χ1v) is 9.25. The Bertz CT molecular complexity index is 478. The Morgan fingerprint density at radius 3 is 2.63 bits per heavy atom. The number of sulfonamides is 1. The zero-order valence-electron chi connectivity index (χ0n) is 11.4. The molecule has 0 aliphatic rings. The van der Waals surface area contributed by atoms with Crippen molar-refractivity contribution in [2.75, 3.05) is 19.8 Å². The summed E-state index contributed by atoms with van der Waals surface area (Å²) in [7, 11) is -3.41. The van der Waals surface area contributed by atoms with Crippen LogP contribution in [-0.4, -0.2) is 28.2 Å². The molecule has 0 saturated carbocycles. The topological polar surface area (TPSA) is 55.4 Å². The highest BCUT2D eigenvalue weighted by atomic mass is 79.9. The van der Waals surface area contributed by atoms with Crippen molar-refractivity contribution >= 4 is 37.3 Å². The molecule has 1 aromatic heterocycles. The van der Waals surface area contributed by atoms with Crippen LogP contribution in [0.5, 0.6) is 0 Å². The summed E-state index contributed by atoms with van der Waals surface area (Å²) < 4.78 is 33.0. The molecule has 0 aliphatic heterocycles. The normalized spacial score (nSPS) is 12.3. The Hall–Kier alpha value is 0.0500. The van der Waals surface area contributed by atoms with Crippen LogP contribution in [0.4, 0.5) is 0 Å². The van der Waals surface area contributed by atoms with E-state index in [0.717, 1.165) is 15.8 Å². The predicted molar refractivity (Wildman–Crippen MR) is 82.2 cm³/mol. The first-order chi connectivity index (χ1) is 8.83. The first kappa shape index (κ1) is 17.1. The van der Waals surface area contributed by atoms with E-state index in [1.165, 1.54) is 11.3 Å². The van der Waals surface area contributed by atoms with Crippen molar-refractivity contribution in [3.63, 3.8) is 0 Å². The van der Waals surface area contributed by atoms with Crippen molar-refractivity contribution in [3.8, 4) is 0 Å². The lowest BCUT2D eigenvalue weighted by Gasteiger charge is -2.07. The van der Waals surface area contributed by atoms with Gasteiger partial charge in [-0.15, -0.1) is 11.3 Å². The van der Waals surface area contributed by atoms with Crippen LogP contribution in [0.15, 0.2) is 14.1 Å². The molecule has 0 atom stereocenters. The van der Waals surface area contributed by atoms with Crippen molar-refractivity contribution < 1.29 is 13.2 Å². The van der Waals surface area contributed by atoms with E-state index < -0.39 is 10.0 Å². The molecule has 0 unspecified atom stereocenters. The highest BCUT2D eigenvalue weighted by Gasteiger charge is 2.17. The second-order valence-corrected chi connectivity index (χ2v) is 9.08. The highest BCUT2D eigenvalue weighted by molar-refractivity contribution is 9.11. The fraction of sp³-hybridized carbons (Fsp3) is 0.667. The number of rotatable bonds is 8. The van der Waals surface area contributed by atoms with E-state index in [0.29, 0.717) is 29.9 Å². The van der Waals surface area contributed by atoms with Gasteiger partial charge in [-0.05, 0) is 46.8 Å². The Morgan fingerprint density at radius 2 is 2.11 bits per heavy atom. The van der Waals surface area contributed by atoms with Crippen molar-refractivity contribution in [1.29, 1.82) is 0 Å². The zero-order chi connectivity index (χ0) is 14.5. The molecule has 0 amide bonds. The third kappa shape index (κ3) is 5.91. The van der Waals surface area contributed by atoms with Gasteiger partial charge in [-0.1, -0.05) is 13.8 Å². The van der Waals surface area contributed by atoms with Gasteiger partial charge in [0.2, 0.25) is 10.0 Å². The second kappa shape index (κ2) is 7.73. The van der Waals surface area contributed by atoms with Crippen LogP contribution < -0.4 is 4.72 Å². The lowest BCUT2D eigenvalue weighted by Crippen LogP contribution is -2.27. The maximum absolute atomic E-state index is 12.0. The van der Waals surface area contributed by atoms with Gasteiger partial charge in [0.15, 0.2) is 0 Å². The van der Waals surface area contributed by atoms with Gasteiger partial charge in [0, 0.05) is 13.2 Å². The number of ether oxygens (including phenoxy) is 1. The minimum atomic E-state index is -3.41. The quantitative estimate of drug-likeness (QED) is 0.716. The Labute approximate surface area is 127 Å². The number of hydrogen-bond donors (Lipinski definition) is 1. The third-order valence-electron chi connectivity index (χ3n) is 2.48. The molecular formula is C12H20BrNO3S2. The predicted octanol–water partition coefficient (Wildman–Crippen LogP) is 3.16. The molecule has 4 nitrogen and oxygen atoms in total. The molecule has 110 valence electrons. The Balaban J connectivity index is 2.36. The van der Waals surface area contributed by atoms with Gasteiger partial charge >= 0.3 is 0 Å². The van der Waals surface area contributed by atoms with E-state index >= 15 is 0 Å². The van der Waals surface area contributed by atoms with E-state index in [1.807, 2.05) is 6.92 Å². The van der Waals surface area contributed by atoms with Gasteiger partial charge in [0.1, 0.15) is 4.21 Å². The smallest absolute Gasteiger partial charge is 0.250 e. The van der Waals surface area contributed by atoms with Crippen LogP contribution in [0, 0.1) is 12.8 Å². The molecule has 19 heavy (non-hydrogen) atoms. The molecule has 7 heteroatoms. The van der Waals surface area contributed by atoms with E-state index in [9.17, 15) is 8.42 Å². The average molecular weight is 370 g/mol. The van der Waals surface area contributed by atoms with E-state index in [4.69, 9.17) is 4.74 Å². The molecule has 1 rings (SSSR count).